The molecule has 0 aliphatic heterocycles. The van der Waals surface area contributed by atoms with E-state index in [0.29, 0.717) is 37.0 Å². The molecule has 3 aromatic rings. The lowest BCUT2D eigenvalue weighted by molar-refractivity contribution is -0.142. The van der Waals surface area contributed by atoms with Crippen LogP contribution in [0.25, 0.3) is 22.3 Å². The van der Waals surface area contributed by atoms with E-state index >= 15 is 0 Å². The zero-order valence-electron chi connectivity index (χ0n) is 18.3. The molecule has 3 heterocycles. The van der Waals surface area contributed by atoms with Crippen molar-refractivity contribution in [2.24, 2.45) is 16.6 Å². The number of fused-ring (bicyclic) bond motifs is 1. The van der Waals surface area contributed by atoms with Gasteiger partial charge in [0.2, 0.25) is 0 Å². The fraction of sp³-hybridized carbons (Fsp3) is 0.348. The summed E-state index contributed by atoms with van der Waals surface area (Å²) >= 11 is 0. The Labute approximate surface area is 190 Å². The number of carbonyl (C=O) groups is 1. The molecule has 3 aromatic heterocycles. The van der Waals surface area contributed by atoms with Crippen LogP contribution in [-0.4, -0.2) is 42.1 Å². The van der Waals surface area contributed by atoms with Gasteiger partial charge in [-0.2, -0.15) is 9.61 Å². The number of nitrogens with two attached hydrogens (primary N) is 2. The Morgan fingerprint density at radius 2 is 2.03 bits per heavy atom. The van der Waals surface area contributed by atoms with Crippen LogP contribution in [0.15, 0.2) is 35.7 Å². The Hall–Kier alpha value is -3.95. The molecule has 1 fully saturated rings. The average molecular weight is 450 g/mol. The van der Waals surface area contributed by atoms with Gasteiger partial charge in [0.25, 0.3) is 0 Å². The molecule has 0 amide bonds. The smallest absolute Gasteiger partial charge is 0.306 e. The highest BCUT2D eigenvalue weighted by Crippen LogP contribution is 2.41. The van der Waals surface area contributed by atoms with Crippen molar-refractivity contribution in [2.75, 3.05) is 5.73 Å². The maximum atomic E-state index is 11.3. The summed E-state index contributed by atoms with van der Waals surface area (Å²) in [6.07, 6.45) is 9.42. The monoisotopic (exact) mass is 449 g/mol. The van der Waals surface area contributed by atoms with Crippen LogP contribution in [0.1, 0.15) is 56.3 Å². The van der Waals surface area contributed by atoms with Crippen molar-refractivity contribution in [3.63, 3.8) is 0 Å². The number of allylic oxidation sites excluding steroid dienone is 1. The zero-order chi connectivity index (χ0) is 23.5. The number of aromatic nitrogens is 4. The van der Waals surface area contributed by atoms with Gasteiger partial charge in [-0.25, -0.2) is 9.98 Å². The van der Waals surface area contributed by atoms with Crippen molar-refractivity contribution in [2.45, 2.75) is 44.9 Å². The topological polar surface area (TPSA) is 165 Å². The minimum atomic E-state index is -0.773. The van der Waals surface area contributed by atoms with Gasteiger partial charge >= 0.3 is 5.97 Å². The normalized spacial score (nSPS) is 19.4. The first-order valence-corrected chi connectivity index (χ1v) is 10.9. The highest BCUT2D eigenvalue weighted by atomic mass is 16.4. The van der Waals surface area contributed by atoms with E-state index in [-0.39, 0.29) is 23.4 Å². The van der Waals surface area contributed by atoms with Crippen LogP contribution in [0.5, 0.6) is 5.75 Å². The molecule has 33 heavy (non-hydrogen) atoms. The van der Waals surface area contributed by atoms with E-state index in [1.807, 2.05) is 19.1 Å². The molecule has 0 atom stereocenters. The number of aromatic hydroxyl groups is 1. The fourth-order valence-corrected chi connectivity index (χ4v) is 4.34. The molecule has 1 aliphatic rings. The van der Waals surface area contributed by atoms with Crippen LogP contribution in [0, 0.1) is 5.92 Å². The number of carboxylic acid groups (broad SMARTS) is 1. The summed E-state index contributed by atoms with van der Waals surface area (Å²) < 4.78 is 1.41. The number of nitrogens with zero attached hydrogens (tertiary/aromatic N) is 5. The second-order valence-corrected chi connectivity index (χ2v) is 8.15. The predicted molar refractivity (Wildman–Crippen MR) is 126 cm³/mol. The number of aliphatic carboxylic acids is 1. The van der Waals surface area contributed by atoms with E-state index in [1.165, 1.54) is 10.9 Å². The lowest BCUT2D eigenvalue weighted by atomic mass is 9.80. The third kappa shape index (κ3) is 4.23. The fourth-order valence-electron chi connectivity index (χ4n) is 4.34. The Balaban J connectivity index is 1.69. The first-order valence-electron chi connectivity index (χ1n) is 10.9. The van der Waals surface area contributed by atoms with E-state index in [2.05, 4.69) is 15.1 Å². The standard InChI is InChI=1S/C23H27N7O3/c1-2-13(9-26-12-24)18-8-7-16(10-27-18)17-11-28-30-21(25)20(31)19(29-22(17)30)14-3-5-15(6-4-14)23(32)33/h7-12,14-15,31H,2-6,25H2,1H3,(H2,24,26)(H,32,33)/b13-9+. The zero-order valence-corrected chi connectivity index (χ0v) is 18.3. The first kappa shape index (κ1) is 22.3. The summed E-state index contributed by atoms with van der Waals surface area (Å²) in [5.41, 5.74) is 15.8. The van der Waals surface area contributed by atoms with Gasteiger partial charge in [0.05, 0.1) is 29.8 Å². The number of aliphatic imine (C=N–C) groups is 1. The Morgan fingerprint density at radius 1 is 1.27 bits per heavy atom. The quantitative estimate of drug-likeness (QED) is 0.329. The summed E-state index contributed by atoms with van der Waals surface area (Å²) in [4.78, 5) is 24.5. The van der Waals surface area contributed by atoms with Gasteiger partial charge in [0.15, 0.2) is 17.2 Å². The number of hydrogen-bond donors (Lipinski definition) is 4. The number of pyridine rings is 1. The maximum Gasteiger partial charge on any atom is 0.306 e. The second-order valence-electron chi connectivity index (χ2n) is 8.15. The molecule has 4 rings (SSSR count). The number of hydrogen-bond acceptors (Lipinski definition) is 7. The first-order chi connectivity index (χ1) is 15.9. The highest BCUT2D eigenvalue weighted by molar-refractivity contribution is 5.79. The minimum Gasteiger partial charge on any atom is -0.503 e. The van der Waals surface area contributed by atoms with Crippen molar-refractivity contribution >= 4 is 29.3 Å². The SMILES string of the molecule is CC/C(=C\N=CN)c1ccc(-c2cnn3c(N)c(O)c(C4CCC(C(=O)O)CC4)nc23)cn1. The van der Waals surface area contributed by atoms with Crippen molar-refractivity contribution in [3.8, 4) is 16.9 Å². The third-order valence-electron chi connectivity index (χ3n) is 6.25. The van der Waals surface area contributed by atoms with Crippen LogP contribution in [0.3, 0.4) is 0 Å². The number of nitrogen functional groups attached to an aromatic ring is 1. The maximum absolute atomic E-state index is 11.3. The molecule has 0 radical (unpaired) electrons. The highest BCUT2D eigenvalue weighted by Gasteiger charge is 2.30. The van der Waals surface area contributed by atoms with Gasteiger partial charge in [-0.15, -0.1) is 0 Å². The number of rotatable bonds is 6. The van der Waals surface area contributed by atoms with Crippen LogP contribution in [0.4, 0.5) is 5.82 Å². The molecule has 1 aliphatic carbocycles. The molecule has 0 bridgehead atoms. The molecule has 0 spiro atoms. The third-order valence-corrected chi connectivity index (χ3v) is 6.25. The van der Waals surface area contributed by atoms with E-state index < -0.39 is 5.97 Å². The molecule has 10 nitrogen and oxygen atoms in total. The van der Waals surface area contributed by atoms with Crippen molar-refractivity contribution in [1.29, 1.82) is 0 Å². The van der Waals surface area contributed by atoms with Crippen LogP contribution < -0.4 is 11.5 Å². The van der Waals surface area contributed by atoms with Crippen LogP contribution in [0.2, 0.25) is 0 Å². The van der Waals surface area contributed by atoms with Gasteiger partial charge in [-0.3, -0.25) is 9.78 Å². The van der Waals surface area contributed by atoms with Gasteiger partial charge in [0, 0.05) is 29.4 Å². The summed E-state index contributed by atoms with van der Waals surface area (Å²) in [6, 6.07) is 3.83. The molecule has 1 saturated carbocycles. The molecule has 172 valence electrons. The Morgan fingerprint density at radius 3 is 2.64 bits per heavy atom. The molecular weight excluding hydrogens is 422 g/mol. The van der Waals surface area contributed by atoms with E-state index in [0.717, 1.165) is 28.8 Å². The van der Waals surface area contributed by atoms with E-state index in [1.54, 1.807) is 18.6 Å². The van der Waals surface area contributed by atoms with Gasteiger partial charge < -0.3 is 21.7 Å². The summed E-state index contributed by atoms with van der Waals surface area (Å²) in [5.74, 6) is -1.16. The second kappa shape index (κ2) is 9.27. The molecule has 0 saturated heterocycles. The van der Waals surface area contributed by atoms with Gasteiger partial charge in [-0.1, -0.05) is 13.0 Å². The molecule has 6 N–H and O–H groups in total. The van der Waals surface area contributed by atoms with Crippen LogP contribution >= 0.6 is 0 Å². The van der Waals surface area contributed by atoms with Crippen LogP contribution in [-0.2, 0) is 4.79 Å². The lowest BCUT2D eigenvalue weighted by Gasteiger charge is -2.26. The number of anilines is 1. The average Bonchev–Trinajstić information content (AvgIpc) is 3.26. The van der Waals surface area contributed by atoms with Gasteiger partial charge in [0.1, 0.15) is 0 Å². The van der Waals surface area contributed by atoms with Crippen molar-refractivity contribution in [1.82, 2.24) is 19.6 Å². The summed E-state index contributed by atoms with van der Waals surface area (Å²) in [7, 11) is 0. The molecular formula is C23H27N7O3. The molecule has 0 aromatic carbocycles. The molecule has 10 heteroatoms. The summed E-state index contributed by atoms with van der Waals surface area (Å²) in [6.45, 7) is 2.02. The van der Waals surface area contributed by atoms with E-state index in [4.69, 9.17) is 16.5 Å². The van der Waals surface area contributed by atoms with E-state index in [9.17, 15) is 15.0 Å². The largest absolute Gasteiger partial charge is 0.503 e. The lowest BCUT2D eigenvalue weighted by Crippen LogP contribution is -2.21. The Kier molecular flexibility index (Phi) is 6.25. The van der Waals surface area contributed by atoms with Crippen molar-refractivity contribution < 1.29 is 15.0 Å². The van der Waals surface area contributed by atoms with Gasteiger partial charge in [-0.05, 0) is 43.7 Å². The predicted octanol–water partition coefficient (Wildman–Crippen LogP) is 3.18. The molecule has 0 unspecified atom stereocenters. The minimum absolute atomic E-state index is 0.0588. The summed E-state index contributed by atoms with van der Waals surface area (Å²) in [5, 5.41) is 24.3. The number of carboxylic acids is 1. The van der Waals surface area contributed by atoms with Crippen molar-refractivity contribution in [3.05, 3.63) is 42.1 Å². The Bertz CT molecular complexity index is 1220.